The van der Waals surface area contributed by atoms with Gasteiger partial charge in [0.25, 0.3) is 0 Å². The minimum absolute atomic E-state index is 0. The van der Waals surface area contributed by atoms with E-state index < -0.39 is 0 Å². The van der Waals surface area contributed by atoms with Crippen LogP contribution in [0, 0.1) is 40.7 Å². The van der Waals surface area contributed by atoms with Crippen molar-refractivity contribution in [1.82, 2.24) is 0 Å². The molecule has 0 spiro atoms. The summed E-state index contributed by atoms with van der Waals surface area (Å²) in [6, 6.07) is 90.9. The summed E-state index contributed by atoms with van der Waals surface area (Å²) in [7, 11) is 1.50. The molecule has 6 heteroatoms. The second-order valence-corrected chi connectivity index (χ2v) is 51.4. The van der Waals surface area contributed by atoms with Crippen LogP contribution >= 0.6 is 31.7 Å². The molecule has 0 saturated heterocycles. The van der Waals surface area contributed by atoms with Gasteiger partial charge in [-0.3, -0.25) is 0 Å². The van der Waals surface area contributed by atoms with Crippen molar-refractivity contribution < 1.29 is 25.8 Å². The molecule has 714 valence electrons. The smallest absolute Gasteiger partial charge is 0.126 e. The summed E-state index contributed by atoms with van der Waals surface area (Å²) >= 11 is 0. The maximum Gasteiger partial charge on any atom is 0.126 e. The van der Waals surface area contributed by atoms with Crippen LogP contribution in [0.15, 0.2) is 237 Å². The second-order valence-electron chi connectivity index (χ2n) is 40.3. The van der Waals surface area contributed by atoms with Crippen LogP contribution in [-0.2, 0) is 21.1 Å². The molecule has 0 bridgehead atoms. The van der Waals surface area contributed by atoms with E-state index in [4.69, 9.17) is 4.74 Å². The Morgan fingerprint density at radius 1 is 0.295 bits per heavy atom. The van der Waals surface area contributed by atoms with Crippen LogP contribution < -0.4 is 26.0 Å². The number of hydrogen-bond donors (Lipinski definition) is 0. The minimum atomic E-state index is -0.122. The van der Waals surface area contributed by atoms with E-state index in [-0.39, 0.29) is 52.8 Å². The Bertz CT molecular complexity index is 4690. The maximum absolute atomic E-state index is 5.81. The third kappa shape index (κ3) is 31.0. The number of ether oxygens (including phenoxy) is 1. The summed E-state index contributed by atoms with van der Waals surface area (Å²) in [5, 5.41) is 6.82. The van der Waals surface area contributed by atoms with Crippen molar-refractivity contribution in [2.75, 3.05) is 7.11 Å². The molecule has 0 N–H and O–H groups in total. The molecule has 8 aliphatic carbocycles. The predicted molar refractivity (Wildman–Crippen MR) is 589 cm³/mol. The van der Waals surface area contributed by atoms with Gasteiger partial charge >= 0.3 is 0 Å². The minimum Gasteiger partial charge on any atom is -0.496 e. The molecule has 0 aliphatic heterocycles. The molecule has 0 heterocycles. The molecule has 0 atom stereocenters. The molecule has 10 aromatic rings. The summed E-state index contributed by atoms with van der Waals surface area (Å²) < 4.78 is 5.81. The molecule has 1 nitrogen and oxygen atoms in total. The van der Waals surface area contributed by atoms with Gasteiger partial charge in [-0.05, 0) is 275 Å². The van der Waals surface area contributed by atoms with Gasteiger partial charge in [0.15, 0.2) is 0 Å². The number of rotatable bonds is 22. The Morgan fingerprint density at radius 2 is 0.591 bits per heavy atom. The van der Waals surface area contributed by atoms with Crippen molar-refractivity contribution >= 4 is 52.9 Å². The molecular weight excluding hydrogens is 1850 g/mol. The average Bonchev–Trinajstić information content (AvgIpc) is 0.769. The summed E-state index contributed by atoms with van der Waals surface area (Å²) in [6.07, 6.45) is 63.0. The van der Waals surface area contributed by atoms with Gasteiger partial charge in [-0.1, -0.05) is 452 Å². The van der Waals surface area contributed by atoms with Crippen molar-refractivity contribution in [3.05, 3.63) is 284 Å². The summed E-state index contributed by atoms with van der Waals surface area (Å²) in [6.45, 7) is 27.8. The van der Waals surface area contributed by atoms with Crippen LogP contribution in [-0.4, -0.2) is 52.4 Å². The molecular formula is C126H171OP4Pt-3. The van der Waals surface area contributed by atoms with Gasteiger partial charge in [0.2, 0.25) is 0 Å². The fraction of sp³-hybridized carbons (Fsp3) is 0.508. The number of methoxy groups -OCH3 is 1. The third-order valence-electron chi connectivity index (χ3n) is 30.2. The zero-order chi connectivity index (χ0) is 91.7. The molecule has 8 saturated carbocycles. The van der Waals surface area contributed by atoms with Crippen molar-refractivity contribution in [2.24, 2.45) is 0 Å². The molecule has 0 aromatic heterocycles. The predicted octanol–water partition coefficient (Wildman–Crippen LogP) is 38.1. The quantitative estimate of drug-likeness (QED) is 0.0485. The van der Waals surface area contributed by atoms with Crippen LogP contribution in [0.5, 0.6) is 5.75 Å². The summed E-state index contributed by atoms with van der Waals surface area (Å²) in [5.74, 6) is 2.15. The maximum atomic E-state index is 5.81. The SMILES string of the molecule is COc1cccc(C)c1-c1ccccc1P(C1CCCCC1)C1CCCCC1.Cc1cc(C(C)C)cc(C(C)C)c1-c1ccccc1P(C1CCCCC1)C1CCCCC1.Cc1ccccc1-c1ccccc1P(C1CCCCC1)C1CCCCC1.[CH2-]CCC.[CH2-]CCC.[Pt].[c-]1ccccc1-c1ccccc1.c1ccc(-c2ccccc2P(C2CCCCC2)C2CCCCC2)cc1. The molecule has 0 unspecified atom stereocenters. The van der Waals surface area contributed by atoms with E-state index in [0.29, 0.717) is 11.8 Å². The first kappa shape index (κ1) is 107. The van der Waals surface area contributed by atoms with E-state index in [1.165, 1.54) is 331 Å². The standard InChI is InChI=1S/C31H45P.C26H35OP.C25H33P.C24H31P.C12H9.2C4H9.Pt/c1-22(2)25-20-24(5)31(29(21-25)23(3)4)28-18-12-13-19-30(28)32(26-14-8-6-9-15-26)27-16-10-7-11-17-27;1-20-12-11-18-24(27-2)26(20)23-17-9-10-19-25(23)28(21-13-5-3-6-14-21)22-15-7-4-8-16-22;1-20-12-8-9-17-23(20)24-18-10-11-19-25(24)26(21-13-4-2-5-14-21)22-15-6-3-7-16-22;1-4-12-20(13-5-1)23-18-10-11-19-24(23)25(21-14-6-2-7-15-21)22-16-8-3-9-17-22;1-3-7-11(8-4-1)12-9-5-2-6-10-12;2*1-3-4-2;/h12-13,18-23,26-27H,6-11,14-17H2,1-5H3;9-12,17-19,21-22H,3-8,13-16H2,1-2H3;8-12,17-19,21-22H,2-7,13-16H2,1H3;1,4-5,10-13,18-19,21-22H,2-3,6-9,14-17H2;1-9H;2*1,3-4H2,2H3;/q;;;;3*-1;. The first-order valence-electron chi connectivity index (χ1n) is 53.3. The van der Waals surface area contributed by atoms with Crippen LogP contribution in [0.25, 0.3) is 55.6 Å². The fourth-order valence-corrected chi connectivity index (χ4v) is 39.0. The zero-order valence-electron chi connectivity index (χ0n) is 83.8. The molecule has 8 aliphatic rings. The fourth-order valence-electron chi connectivity index (χ4n) is 23.2. The average molecular weight is 2020 g/mol. The Labute approximate surface area is 827 Å². The normalized spacial score (nSPS) is 17.6. The van der Waals surface area contributed by atoms with Crippen LogP contribution in [0.1, 0.15) is 364 Å². The van der Waals surface area contributed by atoms with Gasteiger partial charge in [0.1, 0.15) is 5.75 Å². The van der Waals surface area contributed by atoms with Gasteiger partial charge in [-0.25, -0.2) is 0 Å². The number of aryl methyl sites for hydroxylation is 3. The number of unbranched alkanes of at least 4 members (excludes halogenated alkanes) is 2. The van der Waals surface area contributed by atoms with Crippen molar-refractivity contribution in [2.45, 2.75) is 402 Å². The van der Waals surface area contributed by atoms with E-state index in [9.17, 15) is 0 Å². The third-order valence-corrected chi connectivity index (χ3v) is 44.4. The van der Waals surface area contributed by atoms with Crippen molar-refractivity contribution in [3.63, 3.8) is 0 Å². The van der Waals surface area contributed by atoms with E-state index in [1.54, 1.807) is 37.9 Å². The first-order valence-corrected chi connectivity index (χ1v) is 59.3. The van der Waals surface area contributed by atoms with Crippen LogP contribution in [0.2, 0.25) is 0 Å². The molecule has 8 fully saturated rings. The van der Waals surface area contributed by atoms with Gasteiger partial charge in [0, 0.05) is 26.6 Å². The molecule has 0 radical (unpaired) electrons. The number of benzene rings is 10. The van der Waals surface area contributed by atoms with E-state index in [2.05, 4.69) is 282 Å². The summed E-state index contributed by atoms with van der Waals surface area (Å²) in [4.78, 5) is 0. The summed E-state index contributed by atoms with van der Waals surface area (Å²) in [5.41, 5.74) is 29.1. The zero-order valence-corrected chi connectivity index (χ0v) is 89.7. The Kier molecular flexibility index (Phi) is 47.7. The molecule has 132 heavy (non-hydrogen) atoms. The first-order chi connectivity index (χ1) is 64.3. The Morgan fingerprint density at radius 3 is 0.924 bits per heavy atom. The Balaban J connectivity index is 0.000000158. The number of hydrogen-bond acceptors (Lipinski definition) is 1. The molecule has 18 rings (SSSR count). The van der Waals surface area contributed by atoms with Crippen molar-refractivity contribution in [1.29, 1.82) is 0 Å². The van der Waals surface area contributed by atoms with Gasteiger partial charge < -0.3 is 18.6 Å². The largest absolute Gasteiger partial charge is 0.496 e. The van der Waals surface area contributed by atoms with E-state index >= 15 is 0 Å². The van der Waals surface area contributed by atoms with E-state index in [0.717, 1.165) is 69.4 Å². The van der Waals surface area contributed by atoms with Gasteiger partial charge in [-0.2, -0.15) is 12.8 Å². The van der Waals surface area contributed by atoms with Crippen LogP contribution in [0.4, 0.5) is 0 Å². The molecule has 0 amide bonds. The topological polar surface area (TPSA) is 9.23 Å². The van der Waals surface area contributed by atoms with Gasteiger partial charge in [-0.15, -0.1) is 35.9 Å². The monoisotopic (exact) mass is 2020 g/mol. The Hall–Kier alpha value is -5.59. The van der Waals surface area contributed by atoms with Crippen LogP contribution in [0.3, 0.4) is 0 Å². The van der Waals surface area contributed by atoms with Gasteiger partial charge in [0.05, 0.1) is 7.11 Å². The molecule has 10 aromatic carbocycles. The van der Waals surface area contributed by atoms with Crippen molar-refractivity contribution in [3.8, 4) is 61.4 Å². The van der Waals surface area contributed by atoms with E-state index in [1.807, 2.05) is 43.5 Å². The second kappa shape index (κ2) is 59.0.